The first-order chi connectivity index (χ1) is 15.4. The van der Waals surface area contributed by atoms with Gasteiger partial charge in [0.15, 0.2) is 5.82 Å². The molecule has 1 aromatic carbocycles. The van der Waals surface area contributed by atoms with Crippen molar-refractivity contribution >= 4 is 11.8 Å². The largest absolute Gasteiger partial charge is 0.340 e. The Morgan fingerprint density at radius 2 is 1.81 bits per heavy atom. The molecule has 2 saturated heterocycles. The van der Waals surface area contributed by atoms with E-state index in [0.29, 0.717) is 37.6 Å². The van der Waals surface area contributed by atoms with Gasteiger partial charge in [-0.05, 0) is 39.0 Å². The number of benzene rings is 1. The first kappa shape index (κ1) is 20.4. The highest BCUT2D eigenvalue weighted by Gasteiger charge is 2.57. The Hall–Kier alpha value is -3.49. The number of rotatable bonds is 4. The minimum absolute atomic E-state index is 0.00662. The van der Waals surface area contributed by atoms with Crippen LogP contribution in [0.5, 0.6) is 0 Å². The van der Waals surface area contributed by atoms with Crippen LogP contribution in [0.2, 0.25) is 0 Å². The molecule has 0 aliphatic carbocycles. The fourth-order valence-electron chi connectivity index (χ4n) is 5.12. The van der Waals surface area contributed by atoms with Crippen molar-refractivity contribution in [1.82, 2.24) is 34.8 Å². The Kier molecular flexibility index (Phi) is 4.83. The number of H-pyrrole nitrogens is 1. The fraction of sp³-hybridized carbons (Fsp3) is 0.435. The zero-order chi connectivity index (χ0) is 22.5. The zero-order valence-corrected chi connectivity index (χ0v) is 18.6. The number of hydrogen-bond acceptors (Lipinski definition) is 5. The number of likely N-dealkylation sites (tertiary alicyclic amines) is 2. The van der Waals surface area contributed by atoms with Crippen molar-refractivity contribution in [3.8, 4) is 0 Å². The number of hydrogen-bond donors (Lipinski definition) is 1. The molecule has 0 bridgehead atoms. The minimum atomic E-state index is -0.472. The third-order valence-corrected chi connectivity index (χ3v) is 6.70. The lowest BCUT2D eigenvalue weighted by atomic mass is 9.80. The monoisotopic (exact) mass is 433 g/mol. The summed E-state index contributed by atoms with van der Waals surface area (Å²) in [6.45, 7) is 8.09. The van der Waals surface area contributed by atoms with Crippen LogP contribution < -0.4 is 0 Å². The molecular formula is C23H27N7O2. The van der Waals surface area contributed by atoms with Crippen LogP contribution in [0, 0.1) is 26.7 Å². The van der Waals surface area contributed by atoms with Crippen molar-refractivity contribution in [1.29, 1.82) is 0 Å². The van der Waals surface area contributed by atoms with Crippen LogP contribution in [-0.2, 0) is 16.8 Å². The summed E-state index contributed by atoms with van der Waals surface area (Å²) in [4.78, 5) is 34.7. The molecule has 2 fully saturated rings. The molecule has 0 spiro atoms. The smallest absolute Gasteiger partial charge is 0.253 e. The van der Waals surface area contributed by atoms with E-state index in [0.717, 1.165) is 17.2 Å². The van der Waals surface area contributed by atoms with Crippen molar-refractivity contribution in [3.63, 3.8) is 0 Å². The Bertz CT molecular complexity index is 1170. The van der Waals surface area contributed by atoms with Crippen LogP contribution in [0.3, 0.4) is 0 Å². The molecule has 2 aliphatic rings. The van der Waals surface area contributed by atoms with E-state index in [4.69, 9.17) is 0 Å². The summed E-state index contributed by atoms with van der Waals surface area (Å²) >= 11 is 0. The molecule has 0 unspecified atom stereocenters. The fourth-order valence-corrected chi connectivity index (χ4v) is 5.12. The molecule has 2 aromatic heterocycles. The number of amides is 2. The minimum Gasteiger partial charge on any atom is -0.340 e. The summed E-state index contributed by atoms with van der Waals surface area (Å²) in [5, 5.41) is 11.8. The van der Waals surface area contributed by atoms with E-state index in [1.165, 1.54) is 0 Å². The first-order valence-electron chi connectivity index (χ1n) is 10.9. The van der Waals surface area contributed by atoms with E-state index in [1.807, 2.05) is 67.0 Å². The van der Waals surface area contributed by atoms with Gasteiger partial charge in [0.25, 0.3) is 5.91 Å². The second-order valence-corrected chi connectivity index (χ2v) is 9.01. The molecular weight excluding hydrogens is 406 g/mol. The van der Waals surface area contributed by atoms with Crippen molar-refractivity contribution in [2.45, 2.75) is 32.7 Å². The van der Waals surface area contributed by atoms with Gasteiger partial charge in [-0.25, -0.2) is 4.98 Å². The molecule has 5 rings (SSSR count). The number of fused-ring (bicyclic) bond motifs is 1. The molecule has 0 radical (unpaired) electrons. The lowest BCUT2D eigenvalue weighted by Gasteiger charge is -2.27. The number of nitrogens with zero attached hydrogens (tertiary/aromatic N) is 6. The Morgan fingerprint density at radius 3 is 2.47 bits per heavy atom. The van der Waals surface area contributed by atoms with Crippen molar-refractivity contribution in [2.75, 3.05) is 26.2 Å². The van der Waals surface area contributed by atoms with Crippen LogP contribution in [0.25, 0.3) is 0 Å². The Morgan fingerprint density at radius 1 is 1.09 bits per heavy atom. The van der Waals surface area contributed by atoms with Crippen molar-refractivity contribution in [2.24, 2.45) is 5.92 Å². The molecule has 2 aliphatic heterocycles. The topological polar surface area (TPSA) is 100 Å². The molecule has 9 nitrogen and oxygen atoms in total. The maximum atomic E-state index is 13.2. The van der Waals surface area contributed by atoms with Crippen molar-refractivity contribution in [3.05, 3.63) is 65.0 Å². The predicted octanol–water partition coefficient (Wildman–Crippen LogP) is 1.48. The summed E-state index contributed by atoms with van der Waals surface area (Å²) < 4.78 is 1.75. The van der Waals surface area contributed by atoms with Crippen molar-refractivity contribution < 1.29 is 9.59 Å². The SMILES string of the molecule is Cc1cc(C)n(CC(=O)N2C[C@@H]3CN(C(=O)c4ccccc4)C[C@]3(c3n[nH]c(C)n3)C2)n1. The van der Waals surface area contributed by atoms with E-state index in [9.17, 15) is 9.59 Å². The highest BCUT2D eigenvalue weighted by atomic mass is 16.2. The summed E-state index contributed by atoms with van der Waals surface area (Å²) in [7, 11) is 0. The van der Waals surface area contributed by atoms with E-state index in [2.05, 4.69) is 20.3 Å². The average molecular weight is 434 g/mol. The Labute approximate surface area is 186 Å². The summed E-state index contributed by atoms with van der Waals surface area (Å²) in [5.74, 6) is 1.53. The summed E-state index contributed by atoms with van der Waals surface area (Å²) in [6, 6.07) is 11.3. The molecule has 0 saturated carbocycles. The highest BCUT2D eigenvalue weighted by Crippen LogP contribution is 2.44. The van der Waals surface area contributed by atoms with Gasteiger partial charge < -0.3 is 9.80 Å². The van der Waals surface area contributed by atoms with Gasteiger partial charge >= 0.3 is 0 Å². The number of carbonyl (C=O) groups is 2. The summed E-state index contributed by atoms with van der Waals surface area (Å²) in [5.41, 5.74) is 2.07. The molecule has 3 aromatic rings. The molecule has 2 atom stereocenters. The molecule has 1 N–H and O–H groups in total. The first-order valence-corrected chi connectivity index (χ1v) is 10.9. The summed E-state index contributed by atoms with van der Waals surface area (Å²) in [6.07, 6.45) is 0. The molecule has 9 heteroatoms. The van der Waals surface area contributed by atoms with Gasteiger partial charge in [-0.15, -0.1) is 0 Å². The Balaban J connectivity index is 1.40. The van der Waals surface area contributed by atoms with E-state index >= 15 is 0 Å². The number of aryl methyl sites for hydroxylation is 3. The number of aromatic amines is 1. The normalized spacial score (nSPS) is 22.4. The van der Waals surface area contributed by atoms with Gasteiger partial charge in [-0.1, -0.05) is 18.2 Å². The third-order valence-electron chi connectivity index (χ3n) is 6.70. The maximum absolute atomic E-state index is 13.2. The van der Waals surface area contributed by atoms with Crippen LogP contribution in [0.4, 0.5) is 0 Å². The lowest BCUT2D eigenvalue weighted by molar-refractivity contribution is -0.131. The average Bonchev–Trinajstić information content (AvgIpc) is 3.51. The van der Waals surface area contributed by atoms with Gasteiger partial charge in [-0.2, -0.15) is 10.2 Å². The zero-order valence-electron chi connectivity index (χ0n) is 18.6. The van der Waals surface area contributed by atoms with Gasteiger partial charge in [-0.3, -0.25) is 19.4 Å². The van der Waals surface area contributed by atoms with Gasteiger partial charge in [0, 0.05) is 43.4 Å². The lowest BCUT2D eigenvalue weighted by Crippen LogP contribution is -2.42. The second-order valence-electron chi connectivity index (χ2n) is 9.01. The van der Waals surface area contributed by atoms with Gasteiger partial charge in [0.1, 0.15) is 12.4 Å². The molecule has 166 valence electrons. The van der Waals surface area contributed by atoms with Gasteiger partial charge in [0.05, 0.1) is 11.1 Å². The van der Waals surface area contributed by atoms with Crippen LogP contribution in [0.15, 0.2) is 36.4 Å². The number of aromatic nitrogens is 5. The number of nitrogens with one attached hydrogen (secondary N) is 1. The van der Waals surface area contributed by atoms with Crippen LogP contribution in [-0.4, -0.2) is 72.8 Å². The maximum Gasteiger partial charge on any atom is 0.253 e. The number of carbonyl (C=O) groups excluding carboxylic acids is 2. The standard InChI is InChI=1S/C23H27N7O2/c1-15-9-16(2)30(27-15)12-20(31)28-10-19-11-29(21(32)18-7-5-4-6-8-18)14-23(19,13-28)22-24-17(3)25-26-22/h4-9,19H,10-14H2,1-3H3,(H,24,25,26)/t19-,23-/m1/s1. The predicted molar refractivity (Wildman–Crippen MR) is 117 cm³/mol. The van der Waals surface area contributed by atoms with Gasteiger partial charge in [0.2, 0.25) is 5.91 Å². The highest BCUT2D eigenvalue weighted by molar-refractivity contribution is 5.94. The quantitative estimate of drug-likeness (QED) is 0.672. The van der Waals surface area contributed by atoms with E-state index < -0.39 is 5.41 Å². The van der Waals surface area contributed by atoms with E-state index in [1.54, 1.807) is 4.68 Å². The molecule has 32 heavy (non-hydrogen) atoms. The van der Waals surface area contributed by atoms with Crippen LogP contribution >= 0.6 is 0 Å². The molecule has 4 heterocycles. The van der Waals surface area contributed by atoms with Crippen LogP contribution in [0.1, 0.15) is 33.4 Å². The molecule has 2 amide bonds. The second kappa shape index (κ2) is 7.58. The third kappa shape index (κ3) is 3.37. The van der Waals surface area contributed by atoms with E-state index in [-0.39, 0.29) is 24.3 Å².